The molecule has 0 aromatic rings. The van der Waals surface area contributed by atoms with Gasteiger partial charge >= 0.3 is 0 Å². The van der Waals surface area contributed by atoms with Crippen LogP contribution in [0.5, 0.6) is 0 Å². The summed E-state index contributed by atoms with van der Waals surface area (Å²) in [6.45, 7) is 1.94. The summed E-state index contributed by atoms with van der Waals surface area (Å²) in [7, 11) is 1.76. The van der Waals surface area contributed by atoms with Crippen molar-refractivity contribution in [2.24, 2.45) is 5.73 Å². The molecule has 14 heavy (non-hydrogen) atoms. The Morgan fingerprint density at radius 2 is 2.21 bits per heavy atom. The van der Waals surface area contributed by atoms with E-state index in [0.717, 1.165) is 13.0 Å². The smallest absolute Gasteiger partial charge is 0.241 e. The fourth-order valence-corrected chi connectivity index (χ4v) is 1.48. The Morgan fingerprint density at radius 3 is 2.86 bits per heavy atom. The molecule has 1 rings (SSSR count). The molecule has 0 bridgehead atoms. The molecule has 0 aromatic heterocycles. The molecule has 2 amide bonds. The second kappa shape index (κ2) is 4.95. The summed E-state index contributed by atoms with van der Waals surface area (Å²) >= 11 is 0. The first kappa shape index (κ1) is 11.0. The highest BCUT2D eigenvalue weighted by Crippen LogP contribution is 2.03. The lowest BCUT2D eigenvalue weighted by molar-refractivity contribution is -0.137. The van der Waals surface area contributed by atoms with Crippen molar-refractivity contribution < 1.29 is 9.59 Å². The van der Waals surface area contributed by atoms with Gasteiger partial charge < -0.3 is 15.5 Å². The van der Waals surface area contributed by atoms with Crippen LogP contribution in [0.1, 0.15) is 12.8 Å². The number of rotatable bonds is 2. The molecule has 1 aliphatic rings. The largest absolute Gasteiger partial charge is 0.344 e. The number of hydrogen-bond acceptors (Lipinski definition) is 3. The second-order valence-electron chi connectivity index (χ2n) is 3.52. The SMILES string of the molecule is CN1CCCN(C(=O)CCN)CC1=O. The predicted octanol–water partition coefficient (Wildman–Crippen LogP) is -0.974. The fraction of sp³-hybridized carbons (Fsp3) is 0.778. The summed E-state index contributed by atoms with van der Waals surface area (Å²) in [5.41, 5.74) is 5.29. The summed E-state index contributed by atoms with van der Waals surface area (Å²) in [6.07, 6.45) is 1.18. The van der Waals surface area contributed by atoms with Gasteiger partial charge in [-0.2, -0.15) is 0 Å². The second-order valence-corrected chi connectivity index (χ2v) is 3.52. The number of carbonyl (C=O) groups excluding carboxylic acids is 2. The Hall–Kier alpha value is -1.10. The van der Waals surface area contributed by atoms with Gasteiger partial charge in [-0.1, -0.05) is 0 Å². The van der Waals surface area contributed by atoms with E-state index in [2.05, 4.69) is 0 Å². The van der Waals surface area contributed by atoms with E-state index in [4.69, 9.17) is 5.73 Å². The molecule has 0 aromatic carbocycles. The summed E-state index contributed by atoms with van der Waals surface area (Å²) in [5, 5.41) is 0. The molecule has 5 nitrogen and oxygen atoms in total. The van der Waals surface area contributed by atoms with Gasteiger partial charge in [0.1, 0.15) is 0 Å². The molecular formula is C9H17N3O2. The van der Waals surface area contributed by atoms with Crippen LogP contribution in [0.25, 0.3) is 0 Å². The maximum Gasteiger partial charge on any atom is 0.241 e. The highest BCUT2D eigenvalue weighted by atomic mass is 16.2. The molecule has 5 heteroatoms. The predicted molar refractivity (Wildman–Crippen MR) is 52.5 cm³/mol. The van der Waals surface area contributed by atoms with Crippen LogP contribution in [-0.4, -0.2) is 54.8 Å². The van der Waals surface area contributed by atoms with Crippen LogP contribution in [0, 0.1) is 0 Å². The molecule has 1 fully saturated rings. The molecule has 0 spiro atoms. The molecule has 1 heterocycles. The van der Waals surface area contributed by atoms with Gasteiger partial charge in [-0.05, 0) is 6.42 Å². The van der Waals surface area contributed by atoms with E-state index in [9.17, 15) is 9.59 Å². The monoisotopic (exact) mass is 199 g/mol. The third-order valence-corrected chi connectivity index (χ3v) is 2.38. The summed E-state index contributed by atoms with van der Waals surface area (Å²) < 4.78 is 0. The molecule has 2 N–H and O–H groups in total. The highest BCUT2D eigenvalue weighted by molar-refractivity contribution is 5.85. The van der Waals surface area contributed by atoms with E-state index in [-0.39, 0.29) is 18.4 Å². The first-order valence-corrected chi connectivity index (χ1v) is 4.87. The van der Waals surface area contributed by atoms with E-state index >= 15 is 0 Å². The molecule has 0 atom stereocenters. The fourth-order valence-electron chi connectivity index (χ4n) is 1.48. The van der Waals surface area contributed by atoms with Gasteiger partial charge in [0.2, 0.25) is 11.8 Å². The van der Waals surface area contributed by atoms with Crippen molar-refractivity contribution in [3.05, 3.63) is 0 Å². The Bertz CT molecular complexity index is 230. The van der Waals surface area contributed by atoms with Gasteiger partial charge in [-0.15, -0.1) is 0 Å². The van der Waals surface area contributed by atoms with E-state index < -0.39 is 0 Å². The first-order valence-electron chi connectivity index (χ1n) is 4.87. The molecule has 1 aliphatic heterocycles. The molecule has 0 aliphatic carbocycles. The van der Waals surface area contributed by atoms with Crippen molar-refractivity contribution in [3.8, 4) is 0 Å². The van der Waals surface area contributed by atoms with Crippen LogP contribution in [-0.2, 0) is 9.59 Å². The molecule has 80 valence electrons. The number of amides is 2. The zero-order valence-electron chi connectivity index (χ0n) is 8.53. The summed E-state index contributed by atoms with van der Waals surface area (Å²) in [4.78, 5) is 26.2. The van der Waals surface area contributed by atoms with Crippen LogP contribution in [0.3, 0.4) is 0 Å². The molecule has 0 unspecified atom stereocenters. The molecule has 1 saturated heterocycles. The van der Waals surface area contributed by atoms with Crippen LogP contribution in [0.4, 0.5) is 0 Å². The number of likely N-dealkylation sites (N-methyl/N-ethyl adjacent to an activating group) is 1. The Kier molecular flexibility index (Phi) is 3.88. The minimum atomic E-state index is -0.0175. The van der Waals surface area contributed by atoms with Crippen LogP contribution in [0.2, 0.25) is 0 Å². The minimum absolute atomic E-state index is 0.00729. The maximum absolute atomic E-state index is 11.5. The average Bonchev–Trinajstić information content (AvgIpc) is 2.30. The van der Waals surface area contributed by atoms with Crippen LogP contribution in [0.15, 0.2) is 0 Å². The topological polar surface area (TPSA) is 66.6 Å². The van der Waals surface area contributed by atoms with Gasteiger partial charge in [0.25, 0.3) is 0 Å². The normalized spacial score (nSPS) is 18.3. The van der Waals surface area contributed by atoms with Crippen molar-refractivity contribution >= 4 is 11.8 Å². The molecule has 0 radical (unpaired) electrons. The number of hydrogen-bond donors (Lipinski definition) is 1. The Morgan fingerprint density at radius 1 is 1.50 bits per heavy atom. The molecular weight excluding hydrogens is 182 g/mol. The average molecular weight is 199 g/mol. The lowest BCUT2D eigenvalue weighted by Gasteiger charge is -2.19. The lowest BCUT2D eigenvalue weighted by Crippen LogP contribution is -2.38. The van der Waals surface area contributed by atoms with Crippen molar-refractivity contribution in [3.63, 3.8) is 0 Å². The number of nitrogens with two attached hydrogens (primary N) is 1. The maximum atomic E-state index is 11.5. The van der Waals surface area contributed by atoms with Crippen LogP contribution < -0.4 is 5.73 Å². The first-order chi connectivity index (χ1) is 6.65. The number of carbonyl (C=O) groups is 2. The van der Waals surface area contributed by atoms with Crippen molar-refractivity contribution in [1.82, 2.24) is 9.80 Å². The Balaban J connectivity index is 2.54. The third kappa shape index (κ3) is 2.70. The zero-order chi connectivity index (χ0) is 10.6. The molecule has 0 saturated carbocycles. The van der Waals surface area contributed by atoms with Crippen molar-refractivity contribution in [2.45, 2.75) is 12.8 Å². The highest BCUT2D eigenvalue weighted by Gasteiger charge is 2.21. The van der Waals surface area contributed by atoms with Crippen molar-refractivity contribution in [2.75, 3.05) is 33.2 Å². The van der Waals surface area contributed by atoms with Gasteiger partial charge in [0, 0.05) is 33.1 Å². The quantitative estimate of drug-likeness (QED) is 0.622. The van der Waals surface area contributed by atoms with E-state index in [1.807, 2.05) is 0 Å². The van der Waals surface area contributed by atoms with Gasteiger partial charge in [-0.3, -0.25) is 9.59 Å². The van der Waals surface area contributed by atoms with Gasteiger partial charge in [0.15, 0.2) is 0 Å². The van der Waals surface area contributed by atoms with Gasteiger partial charge in [-0.25, -0.2) is 0 Å². The van der Waals surface area contributed by atoms with E-state index in [1.165, 1.54) is 0 Å². The van der Waals surface area contributed by atoms with E-state index in [1.54, 1.807) is 16.8 Å². The van der Waals surface area contributed by atoms with Gasteiger partial charge in [0.05, 0.1) is 6.54 Å². The third-order valence-electron chi connectivity index (χ3n) is 2.38. The zero-order valence-corrected chi connectivity index (χ0v) is 8.53. The Labute approximate surface area is 83.8 Å². The minimum Gasteiger partial charge on any atom is -0.344 e. The summed E-state index contributed by atoms with van der Waals surface area (Å²) in [6, 6.07) is 0. The standard InChI is InChI=1S/C9H17N3O2/c1-11-5-2-6-12(7-9(11)14)8(13)3-4-10/h2-7,10H2,1H3. The van der Waals surface area contributed by atoms with Crippen LogP contribution >= 0.6 is 0 Å². The van der Waals surface area contributed by atoms with E-state index in [0.29, 0.717) is 19.5 Å². The lowest BCUT2D eigenvalue weighted by atomic mass is 10.3. The van der Waals surface area contributed by atoms with Crippen molar-refractivity contribution in [1.29, 1.82) is 0 Å². The number of nitrogens with zero attached hydrogens (tertiary/aromatic N) is 2. The summed E-state index contributed by atoms with van der Waals surface area (Å²) in [5.74, 6) is -0.0102.